The second-order valence-electron chi connectivity index (χ2n) is 2.53. The van der Waals surface area contributed by atoms with E-state index in [1.54, 1.807) is 4.81 Å². The molecule has 1 aliphatic rings. The molecule has 0 amide bonds. The summed E-state index contributed by atoms with van der Waals surface area (Å²) in [6, 6.07) is 0. The number of hydrogen-bond acceptors (Lipinski definition) is 2. The summed E-state index contributed by atoms with van der Waals surface area (Å²) in [6.07, 6.45) is 3.07. The van der Waals surface area contributed by atoms with Crippen LogP contribution in [0.5, 0.6) is 0 Å². The molecule has 1 rings (SSSR count). The zero-order valence-corrected chi connectivity index (χ0v) is 5.42. The van der Waals surface area contributed by atoms with Crippen molar-refractivity contribution in [3.8, 4) is 0 Å². The fourth-order valence-corrected chi connectivity index (χ4v) is 1.15. The van der Waals surface area contributed by atoms with Crippen molar-refractivity contribution >= 4 is 14.3 Å². The van der Waals surface area contributed by atoms with Crippen LogP contribution in [0.2, 0.25) is 0 Å². The molecule has 2 nitrogen and oxygen atoms in total. The lowest BCUT2D eigenvalue weighted by atomic mass is 9.97. The monoisotopic (exact) mass is 123 g/mol. The molecular formula is C6H10BNO. The van der Waals surface area contributed by atoms with Crippen LogP contribution in [-0.2, 0) is 4.79 Å². The maximum absolute atomic E-state index is 10.2. The number of carbonyl (C=O) groups excluding carboxylic acids is 1. The Bertz CT molecular complexity index is 107. The standard InChI is InChI=1S/C6H10BNO/c7-8-3-1-2-6(4-8)5-9/h5-6H,1-4H2. The van der Waals surface area contributed by atoms with Crippen molar-refractivity contribution in [2.24, 2.45) is 5.92 Å². The predicted octanol–water partition coefficient (Wildman–Crippen LogP) is -0.0192. The Hall–Kier alpha value is -0.305. The molecule has 1 unspecified atom stereocenters. The fraction of sp³-hybridized carbons (Fsp3) is 0.833. The topological polar surface area (TPSA) is 20.3 Å². The first-order valence-electron chi connectivity index (χ1n) is 3.28. The third kappa shape index (κ3) is 1.82. The summed E-state index contributed by atoms with van der Waals surface area (Å²) in [5.74, 6) is 0.184. The quantitative estimate of drug-likeness (QED) is 0.360. The highest BCUT2D eigenvalue weighted by atomic mass is 16.1. The molecule has 0 N–H and O–H groups in total. The van der Waals surface area contributed by atoms with E-state index in [-0.39, 0.29) is 5.92 Å². The van der Waals surface area contributed by atoms with Crippen LogP contribution in [0.15, 0.2) is 0 Å². The van der Waals surface area contributed by atoms with E-state index in [9.17, 15) is 4.79 Å². The zero-order chi connectivity index (χ0) is 6.69. The van der Waals surface area contributed by atoms with Crippen molar-refractivity contribution in [2.45, 2.75) is 12.8 Å². The highest BCUT2D eigenvalue weighted by molar-refractivity contribution is 6.04. The van der Waals surface area contributed by atoms with Crippen LogP contribution in [0.4, 0.5) is 0 Å². The van der Waals surface area contributed by atoms with Crippen molar-refractivity contribution in [3.05, 3.63) is 0 Å². The van der Waals surface area contributed by atoms with E-state index in [1.807, 2.05) is 0 Å². The van der Waals surface area contributed by atoms with Gasteiger partial charge in [0.25, 0.3) is 0 Å². The summed E-state index contributed by atoms with van der Waals surface area (Å²) >= 11 is 0. The van der Waals surface area contributed by atoms with Gasteiger partial charge in [0.05, 0.1) is 0 Å². The molecule has 0 aromatic heterocycles. The third-order valence-corrected chi connectivity index (χ3v) is 1.68. The first-order valence-corrected chi connectivity index (χ1v) is 3.28. The fourth-order valence-electron chi connectivity index (χ4n) is 1.15. The van der Waals surface area contributed by atoms with Crippen LogP contribution in [0.3, 0.4) is 0 Å². The molecule has 3 heteroatoms. The minimum Gasteiger partial charge on any atom is -0.353 e. The minimum absolute atomic E-state index is 0.184. The summed E-state index contributed by atoms with van der Waals surface area (Å²) < 4.78 is 0. The van der Waals surface area contributed by atoms with Gasteiger partial charge in [0.15, 0.2) is 7.98 Å². The highest BCUT2D eigenvalue weighted by Crippen LogP contribution is 2.11. The molecule has 1 saturated heterocycles. The molecule has 0 aromatic rings. The Labute approximate surface area is 56.7 Å². The SMILES string of the molecule is [B]N1CCCC(C=O)C1. The van der Waals surface area contributed by atoms with Crippen LogP contribution < -0.4 is 0 Å². The van der Waals surface area contributed by atoms with Gasteiger partial charge in [-0.05, 0) is 25.9 Å². The number of hydrogen-bond donors (Lipinski definition) is 0. The van der Waals surface area contributed by atoms with Gasteiger partial charge in [-0.3, -0.25) is 0 Å². The molecule has 0 aromatic carbocycles. The van der Waals surface area contributed by atoms with Crippen molar-refractivity contribution in [3.63, 3.8) is 0 Å². The lowest BCUT2D eigenvalue weighted by molar-refractivity contribution is -0.112. The van der Waals surface area contributed by atoms with Gasteiger partial charge < -0.3 is 9.61 Å². The van der Waals surface area contributed by atoms with Gasteiger partial charge >= 0.3 is 0 Å². The van der Waals surface area contributed by atoms with E-state index >= 15 is 0 Å². The molecular weight excluding hydrogens is 113 g/mol. The molecule has 9 heavy (non-hydrogen) atoms. The first kappa shape index (κ1) is 6.81. The van der Waals surface area contributed by atoms with Gasteiger partial charge in [0.2, 0.25) is 0 Å². The number of carbonyl (C=O) groups is 1. The van der Waals surface area contributed by atoms with E-state index in [0.717, 1.165) is 32.2 Å². The second-order valence-corrected chi connectivity index (χ2v) is 2.53. The molecule has 48 valence electrons. The normalized spacial score (nSPS) is 30.0. The van der Waals surface area contributed by atoms with Crippen LogP contribution in [0.25, 0.3) is 0 Å². The molecule has 0 bridgehead atoms. The molecule has 1 fully saturated rings. The van der Waals surface area contributed by atoms with Gasteiger partial charge in [0.1, 0.15) is 6.29 Å². The largest absolute Gasteiger partial charge is 0.353 e. The number of nitrogens with zero attached hydrogens (tertiary/aromatic N) is 1. The molecule has 2 radical (unpaired) electrons. The average molecular weight is 123 g/mol. The number of aldehydes is 1. The van der Waals surface area contributed by atoms with Gasteiger partial charge in [-0.15, -0.1) is 0 Å². The second kappa shape index (κ2) is 3.02. The molecule has 0 saturated carbocycles. The van der Waals surface area contributed by atoms with Gasteiger partial charge in [0, 0.05) is 5.92 Å². The Morgan fingerprint density at radius 1 is 1.67 bits per heavy atom. The van der Waals surface area contributed by atoms with Crippen molar-refractivity contribution in [2.75, 3.05) is 13.1 Å². The maximum atomic E-state index is 10.2. The molecule has 0 spiro atoms. The van der Waals surface area contributed by atoms with Crippen molar-refractivity contribution in [1.82, 2.24) is 4.81 Å². The lowest BCUT2D eigenvalue weighted by Gasteiger charge is -2.26. The average Bonchev–Trinajstić information content (AvgIpc) is 1.88. The van der Waals surface area contributed by atoms with Gasteiger partial charge in [-0.25, -0.2) is 0 Å². The van der Waals surface area contributed by atoms with E-state index in [1.165, 1.54) is 0 Å². The molecule has 1 atom stereocenters. The van der Waals surface area contributed by atoms with E-state index in [2.05, 4.69) is 0 Å². The van der Waals surface area contributed by atoms with Crippen molar-refractivity contribution < 1.29 is 4.79 Å². The minimum atomic E-state index is 0.184. The summed E-state index contributed by atoms with van der Waals surface area (Å²) in [4.78, 5) is 11.9. The number of piperidine rings is 1. The third-order valence-electron chi connectivity index (χ3n) is 1.68. The summed E-state index contributed by atoms with van der Waals surface area (Å²) in [6.45, 7) is 1.67. The van der Waals surface area contributed by atoms with Crippen LogP contribution in [0.1, 0.15) is 12.8 Å². The Morgan fingerprint density at radius 2 is 2.44 bits per heavy atom. The molecule has 0 aliphatic carbocycles. The van der Waals surface area contributed by atoms with Crippen LogP contribution in [-0.4, -0.2) is 32.2 Å². The number of rotatable bonds is 1. The zero-order valence-electron chi connectivity index (χ0n) is 5.42. The summed E-state index contributed by atoms with van der Waals surface area (Å²) in [7, 11) is 5.48. The first-order chi connectivity index (χ1) is 4.33. The van der Waals surface area contributed by atoms with Gasteiger partial charge in [-0.2, -0.15) is 0 Å². The summed E-state index contributed by atoms with van der Waals surface area (Å²) in [5, 5.41) is 0. The lowest BCUT2D eigenvalue weighted by Crippen LogP contribution is -2.33. The van der Waals surface area contributed by atoms with E-state index in [0.29, 0.717) is 0 Å². The van der Waals surface area contributed by atoms with Crippen LogP contribution in [0, 0.1) is 5.92 Å². The smallest absolute Gasteiger partial charge is 0.182 e. The van der Waals surface area contributed by atoms with E-state index in [4.69, 9.17) is 7.98 Å². The molecule has 1 aliphatic heterocycles. The highest BCUT2D eigenvalue weighted by Gasteiger charge is 2.14. The molecule has 1 heterocycles. The van der Waals surface area contributed by atoms with Gasteiger partial charge in [-0.1, -0.05) is 0 Å². The maximum Gasteiger partial charge on any atom is 0.182 e. The Kier molecular flexibility index (Phi) is 2.28. The summed E-state index contributed by atoms with van der Waals surface area (Å²) in [5.41, 5.74) is 0. The van der Waals surface area contributed by atoms with Crippen LogP contribution >= 0.6 is 0 Å². The Balaban J connectivity index is 2.31. The Morgan fingerprint density at radius 3 is 2.89 bits per heavy atom. The predicted molar refractivity (Wildman–Crippen MR) is 36.1 cm³/mol. The van der Waals surface area contributed by atoms with E-state index < -0.39 is 0 Å². The van der Waals surface area contributed by atoms with Crippen molar-refractivity contribution in [1.29, 1.82) is 0 Å².